The molecule has 2 rings (SSSR count). The summed E-state index contributed by atoms with van der Waals surface area (Å²) in [6.07, 6.45) is 2.97. The van der Waals surface area contributed by atoms with E-state index in [-0.39, 0.29) is 11.4 Å². The fraction of sp³-hybridized carbons (Fsp3) is 0.611. The lowest BCUT2D eigenvalue weighted by Crippen LogP contribution is -2.41. The molecule has 0 aliphatic carbocycles. The molecule has 1 aromatic carbocycles. The molecule has 0 saturated carbocycles. The lowest BCUT2D eigenvalue weighted by Gasteiger charge is -2.38. The Bertz CT molecular complexity index is 499. The lowest BCUT2D eigenvalue weighted by molar-refractivity contribution is -0.153. The standard InChI is InChI=1S/C18H26ClNO2/c1-17(2,3)16(21)22-13-10-18(8-11-20-12-9-18)14-4-6-15(19)7-5-14/h4-7,20H,8-13H2,1-3H3. The molecule has 0 atom stereocenters. The number of piperidine rings is 1. The summed E-state index contributed by atoms with van der Waals surface area (Å²) < 4.78 is 5.49. The zero-order chi connectivity index (χ0) is 16.2. The van der Waals surface area contributed by atoms with Crippen LogP contribution in [-0.2, 0) is 14.9 Å². The highest BCUT2D eigenvalue weighted by atomic mass is 35.5. The highest BCUT2D eigenvalue weighted by molar-refractivity contribution is 6.30. The van der Waals surface area contributed by atoms with Gasteiger partial charge < -0.3 is 10.1 Å². The highest BCUT2D eigenvalue weighted by Gasteiger charge is 2.34. The minimum atomic E-state index is -0.443. The number of halogens is 1. The van der Waals surface area contributed by atoms with Crippen molar-refractivity contribution in [1.29, 1.82) is 0 Å². The second kappa shape index (κ2) is 7.01. The maximum Gasteiger partial charge on any atom is 0.311 e. The van der Waals surface area contributed by atoms with Crippen molar-refractivity contribution in [3.63, 3.8) is 0 Å². The zero-order valence-electron chi connectivity index (χ0n) is 13.7. The van der Waals surface area contributed by atoms with E-state index >= 15 is 0 Å². The molecule has 4 heteroatoms. The van der Waals surface area contributed by atoms with Gasteiger partial charge in [-0.3, -0.25) is 4.79 Å². The van der Waals surface area contributed by atoms with E-state index in [2.05, 4.69) is 17.4 Å². The molecule has 1 fully saturated rings. The van der Waals surface area contributed by atoms with Crippen LogP contribution < -0.4 is 5.32 Å². The minimum Gasteiger partial charge on any atom is -0.465 e. The van der Waals surface area contributed by atoms with Crippen molar-refractivity contribution in [3.8, 4) is 0 Å². The number of ether oxygens (including phenoxy) is 1. The summed E-state index contributed by atoms with van der Waals surface area (Å²) in [7, 11) is 0. The average molecular weight is 324 g/mol. The molecule has 0 spiro atoms. The van der Waals surface area contributed by atoms with Gasteiger partial charge in [-0.15, -0.1) is 0 Å². The molecule has 1 N–H and O–H groups in total. The summed E-state index contributed by atoms with van der Waals surface area (Å²) in [5.74, 6) is -0.132. The summed E-state index contributed by atoms with van der Waals surface area (Å²) in [4.78, 5) is 11.9. The first-order valence-corrected chi connectivity index (χ1v) is 8.35. The average Bonchev–Trinajstić information content (AvgIpc) is 2.48. The van der Waals surface area contributed by atoms with E-state index in [0.717, 1.165) is 37.4 Å². The van der Waals surface area contributed by atoms with Gasteiger partial charge in [-0.2, -0.15) is 0 Å². The van der Waals surface area contributed by atoms with Crippen molar-refractivity contribution in [2.24, 2.45) is 5.41 Å². The topological polar surface area (TPSA) is 38.3 Å². The van der Waals surface area contributed by atoms with Crippen molar-refractivity contribution >= 4 is 17.6 Å². The van der Waals surface area contributed by atoms with Crippen molar-refractivity contribution < 1.29 is 9.53 Å². The van der Waals surface area contributed by atoms with E-state index in [0.29, 0.717) is 6.61 Å². The number of hydrogen-bond donors (Lipinski definition) is 1. The van der Waals surface area contributed by atoms with Crippen LogP contribution in [0.5, 0.6) is 0 Å². The van der Waals surface area contributed by atoms with E-state index < -0.39 is 5.41 Å². The number of rotatable bonds is 4. The van der Waals surface area contributed by atoms with Gasteiger partial charge in [0.25, 0.3) is 0 Å². The third-order valence-corrected chi connectivity index (χ3v) is 4.70. The molecule has 1 aliphatic heterocycles. The Kier molecular flexibility index (Phi) is 5.51. The summed E-state index contributed by atoms with van der Waals surface area (Å²) in [5.41, 5.74) is 0.931. The Hall–Kier alpha value is -1.06. The van der Waals surface area contributed by atoms with Crippen molar-refractivity contribution in [1.82, 2.24) is 5.32 Å². The maximum atomic E-state index is 11.9. The Morgan fingerprint density at radius 3 is 2.36 bits per heavy atom. The molecule has 0 unspecified atom stereocenters. The predicted octanol–water partition coefficient (Wildman–Crippen LogP) is 3.94. The molecule has 0 amide bonds. The number of hydrogen-bond acceptors (Lipinski definition) is 3. The third kappa shape index (κ3) is 4.23. The number of esters is 1. The molecule has 1 saturated heterocycles. The van der Waals surface area contributed by atoms with Crippen LogP contribution in [0.3, 0.4) is 0 Å². The van der Waals surface area contributed by atoms with Gasteiger partial charge in [0.15, 0.2) is 0 Å². The SMILES string of the molecule is CC(C)(C)C(=O)OCCC1(c2ccc(Cl)cc2)CCNCC1. The monoisotopic (exact) mass is 323 g/mol. The molecule has 0 aromatic heterocycles. The molecule has 1 heterocycles. The smallest absolute Gasteiger partial charge is 0.311 e. The van der Waals surface area contributed by atoms with Gasteiger partial charge in [-0.05, 0) is 70.8 Å². The molecular formula is C18H26ClNO2. The van der Waals surface area contributed by atoms with E-state index in [1.807, 2.05) is 32.9 Å². The lowest BCUT2D eigenvalue weighted by atomic mass is 9.71. The molecular weight excluding hydrogens is 298 g/mol. The molecule has 22 heavy (non-hydrogen) atoms. The van der Waals surface area contributed by atoms with Gasteiger partial charge >= 0.3 is 5.97 Å². The van der Waals surface area contributed by atoms with Gasteiger partial charge in [-0.1, -0.05) is 23.7 Å². The van der Waals surface area contributed by atoms with Crippen LogP contribution in [0.4, 0.5) is 0 Å². The number of nitrogens with one attached hydrogen (secondary N) is 1. The largest absolute Gasteiger partial charge is 0.465 e. The van der Waals surface area contributed by atoms with Crippen molar-refractivity contribution in [2.45, 2.75) is 45.4 Å². The molecule has 3 nitrogen and oxygen atoms in total. The van der Waals surface area contributed by atoms with Crippen LogP contribution in [0.15, 0.2) is 24.3 Å². The molecule has 122 valence electrons. The first-order chi connectivity index (χ1) is 10.3. The summed E-state index contributed by atoms with van der Waals surface area (Å²) in [6.45, 7) is 8.11. The van der Waals surface area contributed by atoms with Crippen LogP contribution >= 0.6 is 11.6 Å². The summed E-state index contributed by atoms with van der Waals surface area (Å²) in [6, 6.07) is 8.11. The summed E-state index contributed by atoms with van der Waals surface area (Å²) in [5, 5.41) is 4.17. The number of carbonyl (C=O) groups is 1. The van der Waals surface area contributed by atoms with Gasteiger partial charge in [-0.25, -0.2) is 0 Å². The van der Waals surface area contributed by atoms with E-state index in [1.54, 1.807) is 0 Å². The molecule has 0 radical (unpaired) electrons. The normalized spacial score (nSPS) is 18.0. The number of benzene rings is 1. The maximum absolute atomic E-state index is 11.9. The van der Waals surface area contributed by atoms with Gasteiger partial charge in [0.1, 0.15) is 0 Å². The highest BCUT2D eigenvalue weighted by Crippen LogP contribution is 2.37. The minimum absolute atomic E-state index is 0.0774. The fourth-order valence-electron chi connectivity index (χ4n) is 2.95. The van der Waals surface area contributed by atoms with E-state index in [9.17, 15) is 4.79 Å². The van der Waals surface area contributed by atoms with E-state index in [1.165, 1.54) is 5.56 Å². The Labute approximate surface area is 138 Å². The molecule has 1 aromatic rings. The molecule has 0 bridgehead atoms. The Morgan fingerprint density at radius 2 is 1.82 bits per heavy atom. The quantitative estimate of drug-likeness (QED) is 0.853. The fourth-order valence-corrected chi connectivity index (χ4v) is 3.07. The first kappa shape index (κ1) is 17.3. The zero-order valence-corrected chi connectivity index (χ0v) is 14.5. The van der Waals surface area contributed by atoms with Crippen LogP contribution in [0.2, 0.25) is 5.02 Å². The van der Waals surface area contributed by atoms with Gasteiger partial charge in [0.2, 0.25) is 0 Å². The predicted molar refractivity (Wildman–Crippen MR) is 90.3 cm³/mol. The van der Waals surface area contributed by atoms with E-state index in [4.69, 9.17) is 16.3 Å². The van der Waals surface area contributed by atoms with Crippen LogP contribution in [0.1, 0.15) is 45.6 Å². The Balaban J connectivity index is 2.06. The van der Waals surface area contributed by atoms with Gasteiger partial charge in [0, 0.05) is 10.4 Å². The van der Waals surface area contributed by atoms with Gasteiger partial charge in [0.05, 0.1) is 12.0 Å². The molecule has 1 aliphatic rings. The first-order valence-electron chi connectivity index (χ1n) is 7.98. The second-order valence-corrected chi connectivity index (χ2v) is 7.61. The second-order valence-electron chi connectivity index (χ2n) is 7.17. The van der Waals surface area contributed by atoms with Crippen LogP contribution in [0.25, 0.3) is 0 Å². The number of carbonyl (C=O) groups excluding carboxylic acids is 1. The van der Waals surface area contributed by atoms with Crippen molar-refractivity contribution in [3.05, 3.63) is 34.9 Å². The van der Waals surface area contributed by atoms with Crippen LogP contribution in [-0.4, -0.2) is 25.7 Å². The van der Waals surface area contributed by atoms with Crippen molar-refractivity contribution in [2.75, 3.05) is 19.7 Å². The van der Waals surface area contributed by atoms with Crippen LogP contribution in [0, 0.1) is 5.41 Å². The Morgan fingerprint density at radius 1 is 1.23 bits per heavy atom. The third-order valence-electron chi connectivity index (χ3n) is 4.44. The summed E-state index contributed by atoms with van der Waals surface area (Å²) >= 11 is 6.01.